The van der Waals surface area contributed by atoms with Crippen LogP contribution >= 0.6 is 0 Å². The number of nitrogens with zero attached hydrogens (tertiary/aromatic N) is 2. The number of carbonyl (C=O) groups is 1. The van der Waals surface area contributed by atoms with E-state index >= 15 is 0 Å². The Morgan fingerprint density at radius 1 is 1.06 bits per heavy atom. The minimum Gasteiger partial charge on any atom is -0.410 e. The van der Waals surface area contributed by atoms with E-state index in [0.29, 0.717) is 35.6 Å². The van der Waals surface area contributed by atoms with Crippen molar-refractivity contribution >= 4 is 32.8 Å². The Labute approximate surface area is 178 Å². The molecule has 1 amide bonds. The molecule has 8 nitrogen and oxygen atoms in total. The number of para-hydroxylation sites is 1. The third kappa shape index (κ3) is 3.38. The van der Waals surface area contributed by atoms with Gasteiger partial charge in [-0.25, -0.2) is 18.2 Å². The van der Waals surface area contributed by atoms with E-state index in [-0.39, 0.29) is 4.90 Å². The summed E-state index contributed by atoms with van der Waals surface area (Å²) in [6.07, 6.45) is -0.190. The van der Waals surface area contributed by atoms with Gasteiger partial charge in [-0.05, 0) is 54.4 Å². The maximum Gasteiger partial charge on any atom is 0.409 e. The molecule has 0 saturated heterocycles. The highest BCUT2D eigenvalue weighted by atomic mass is 32.2. The number of fused-ring (bicyclic) bond motifs is 2. The molecule has 0 radical (unpaired) electrons. The molecule has 0 saturated carbocycles. The number of hydrogen-bond acceptors (Lipinski definition) is 5. The van der Waals surface area contributed by atoms with Gasteiger partial charge >= 0.3 is 6.09 Å². The van der Waals surface area contributed by atoms with Crippen LogP contribution in [-0.2, 0) is 16.4 Å². The molecule has 0 unspecified atom stereocenters. The van der Waals surface area contributed by atoms with Crippen LogP contribution in [0.2, 0.25) is 0 Å². The lowest BCUT2D eigenvalue weighted by atomic mass is 10.2. The van der Waals surface area contributed by atoms with Crippen molar-refractivity contribution in [2.24, 2.45) is 5.73 Å². The van der Waals surface area contributed by atoms with Crippen LogP contribution in [0.25, 0.3) is 22.4 Å². The third-order valence-corrected chi connectivity index (χ3v) is 7.06. The van der Waals surface area contributed by atoms with Gasteiger partial charge in [0.15, 0.2) is 0 Å². The van der Waals surface area contributed by atoms with E-state index in [1.54, 1.807) is 42.5 Å². The number of H-pyrrole nitrogens is 1. The van der Waals surface area contributed by atoms with Crippen LogP contribution < -0.4 is 14.8 Å². The summed E-state index contributed by atoms with van der Waals surface area (Å²) < 4.78 is 32.7. The molecule has 0 aliphatic carbocycles. The maximum atomic E-state index is 13.2. The number of primary amides is 1. The molecule has 0 bridgehead atoms. The summed E-state index contributed by atoms with van der Waals surface area (Å²) in [5.41, 5.74) is 8.89. The number of amides is 1. The van der Waals surface area contributed by atoms with Gasteiger partial charge in [-0.15, -0.1) is 0 Å². The third-order valence-electron chi connectivity index (χ3n) is 5.23. The summed E-state index contributed by atoms with van der Waals surface area (Å²) in [6, 6.07) is 19.1. The molecule has 0 atom stereocenters. The zero-order valence-electron chi connectivity index (χ0n) is 16.3. The van der Waals surface area contributed by atoms with E-state index in [1.165, 1.54) is 4.31 Å². The number of sulfonamides is 1. The number of benzene rings is 3. The zero-order chi connectivity index (χ0) is 21.6. The van der Waals surface area contributed by atoms with Crippen molar-refractivity contribution in [3.8, 4) is 17.1 Å². The highest BCUT2D eigenvalue weighted by Gasteiger charge is 2.30. The average Bonchev–Trinajstić information content (AvgIpc) is 3.38. The Kier molecular flexibility index (Phi) is 4.40. The van der Waals surface area contributed by atoms with Crippen molar-refractivity contribution in [3.63, 3.8) is 0 Å². The summed E-state index contributed by atoms with van der Waals surface area (Å²) >= 11 is 0. The Morgan fingerprint density at radius 3 is 2.61 bits per heavy atom. The smallest absolute Gasteiger partial charge is 0.409 e. The molecule has 31 heavy (non-hydrogen) atoms. The number of rotatable bonds is 4. The lowest BCUT2D eigenvalue weighted by Crippen LogP contribution is -2.29. The number of aromatic nitrogens is 2. The van der Waals surface area contributed by atoms with E-state index in [1.807, 2.05) is 24.3 Å². The molecule has 9 heteroatoms. The molecule has 0 fully saturated rings. The second-order valence-corrected chi connectivity index (χ2v) is 9.03. The number of nitrogens with one attached hydrogen (secondary N) is 1. The number of anilines is 1. The predicted octanol–water partition coefficient (Wildman–Crippen LogP) is 3.44. The van der Waals surface area contributed by atoms with Crippen LogP contribution in [-0.4, -0.2) is 31.0 Å². The highest BCUT2D eigenvalue weighted by molar-refractivity contribution is 7.92. The minimum atomic E-state index is -3.65. The van der Waals surface area contributed by atoms with E-state index in [2.05, 4.69) is 9.97 Å². The van der Waals surface area contributed by atoms with Crippen LogP contribution in [0.1, 0.15) is 5.56 Å². The van der Waals surface area contributed by atoms with Gasteiger partial charge in [-0.2, -0.15) is 0 Å². The Balaban J connectivity index is 1.44. The summed E-state index contributed by atoms with van der Waals surface area (Å²) in [5.74, 6) is 0.879. The molecule has 5 rings (SSSR count). The Morgan fingerprint density at radius 2 is 1.84 bits per heavy atom. The number of nitrogens with two attached hydrogens (primary N) is 1. The first-order valence-electron chi connectivity index (χ1n) is 9.60. The van der Waals surface area contributed by atoms with Crippen LogP contribution in [0.5, 0.6) is 5.75 Å². The maximum absolute atomic E-state index is 13.2. The first kappa shape index (κ1) is 19.1. The first-order chi connectivity index (χ1) is 14.9. The van der Waals surface area contributed by atoms with Gasteiger partial charge < -0.3 is 15.5 Å². The Hall–Kier alpha value is -3.85. The summed E-state index contributed by atoms with van der Waals surface area (Å²) in [6.45, 7) is 0.433. The quantitative estimate of drug-likeness (QED) is 0.510. The number of hydrogen-bond donors (Lipinski definition) is 2. The highest BCUT2D eigenvalue weighted by Crippen LogP contribution is 2.33. The lowest BCUT2D eigenvalue weighted by molar-refractivity contribution is 0.211. The normalized spacial score (nSPS) is 13.4. The fourth-order valence-corrected chi connectivity index (χ4v) is 5.28. The van der Waals surface area contributed by atoms with Crippen molar-refractivity contribution in [2.75, 3.05) is 10.8 Å². The lowest BCUT2D eigenvalue weighted by Gasteiger charge is -2.19. The summed E-state index contributed by atoms with van der Waals surface area (Å²) in [7, 11) is -3.65. The fraction of sp³-hybridized carbons (Fsp3) is 0.0909. The molecule has 156 valence electrons. The van der Waals surface area contributed by atoms with E-state index in [9.17, 15) is 13.2 Å². The van der Waals surface area contributed by atoms with Crippen molar-refractivity contribution in [1.82, 2.24) is 9.97 Å². The molecular weight excluding hydrogens is 416 g/mol. The van der Waals surface area contributed by atoms with Crippen molar-refractivity contribution < 1.29 is 17.9 Å². The fourth-order valence-electron chi connectivity index (χ4n) is 3.77. The number of imidazole rings is 1. The second-order valence-electron chi connectivity index (χ2n) is 7.17. The van der Waals surface area contributed by atoms with Crippen molar-refractivity contribution in [2.45, 2.75) is 11.3 Å². The molecule has 3 aromatic carbocycles. The summed E-state index contributed by atoms with van der Waals surface area (Å²) in [4.78, 5) is 18.8. The van der Waals surface area contributed by atoms with Crippen LogP contribution in [0.15, 0.2) is 71.6 Å². The number of aromatic amines is 1. The van der Waals surface area contributed by atoms with E-state index in [0.717, 1.165) is 16.8 Å². The second kappa shape index (κ2) is 7.13. The molecule has 3 N–H and O–H groups in total. The van der Waals surface area contributed by atoms with Crippen molar-refractivity contribution in [1.29, 1.82) is 0 Å². The van der Waals surface area contributed by atoms with Gasteiger partial charge in [0.2, 0.25) is 0 Å². The van der Waals surface area contributed by atoms with Gasteiger partial charge in [0.1, 0.15) is 11.6 Å². The van der Waals surface area contributed by atoms with Gasteiger partial charge in [0.05, 0.1) is 21.6 Å². The average molecular weight is 434 g/mol. The van der Waals surface area contributed by atoms with Crippen LogP contribution in [0, 0.1) is 0 Å². The van der Waals surface area contributed by atoms with Gasteiger partial charge in [-0.3, -0.25) is 4.31 Å². The topological polar surface area (TPSA) is 118 Å². The van der Waals surface area contributed by atoms with Gasteiger partial charge in [0.25, 0.3) is 10.0 Å². The molecule has 0 spiro atoms. The molecule has 1 aliphatic rings. The molecule has 4 aromatic rings. The van der Waals surface area contributed by atoms with E-state index < -0.39 is 16.1 Å². The van der Waals surface area contributed by atoms with Crippen LogP contribution in [0.3, 0.4) is 0 Å². The molecule has 1 aromatic heterocycles. The number of carbonyl (C=O) groups excluding carboxylic acids is 1. The summed E-state index contributed by atoms with van der Waals surface area (Å²) in [5, 5.41) is 0. The van der Waals surface area contributed by atoms with Crippen molar-refractivity contribution in [3.05, 3.63) is 72.3 Å². The Bertz CT molecular complexity index is 1410. The van der Waals surface area contributed by atoms with Gasteiger partial charge in [-0.1, -0.05) is 18.2 Å². The predicted molar refractivity (Wildman–Crippen MR) is 116 cm³/mol. The molecule has 1 aliphatic heterocycles. The first-order valence-corrected chi connectivity index (χ1v) is 11.0. The monoisotopic (exact) mass is 434 g/mol. The minimum absolute atomic E-state index is 0.223. The van der Waals surface area contributed by atoms with Crippen LogP contribution in [0.4, 0.5) is 10.5 Å². The standard InChI is InChI=1S/C22H18N4O4S/c23-22(27)30-16-7-10-18-19(13-16)25-21(24-18)15-5-8-17(9-6-15)31(28,29)26-12-11-14-3-1-2-4-20(14)26/h1-10,13H,11-12H2,(H2,23,27)(H,24,25). The number of ether oxygens (including phenoxy) is 1. The molecule has 2 heterocycles. The zero-order valence-corrected chi connectivity index (χ0v) is 17.1. The molecular formula is C22H18N4O4S. The largest absolute Gasteiger partial charge is 0.410 e. The van der Waals surface area contributed by atoms with E-state index in [4.69, 9.17) is 10.5 Å². The SMILES string of the molecule is NC(=O)Oc1ccc2nc(-c3ccc(S(=O)(=O)N4CCc5ccccc54)cc3)[nH]c2c1. The van der Waals surface area contributed by atoms with Gasteiger partial charge in [0, 0.05) is 18.2 Å².